The molecule has 3 atom stereocenters. The number of alkyl halides is 1. The first kappa shape index (κ1) is 17.3. The molecule has 21 heavy (non-hydrogen) atoms. The molecule has 120 valence electrons. The van der Waals surface area contributed by atoms with E-state index in [-0.39, 0.29) is 5.41 Å². The first-order valence-electron chi connectivity index (χ1n) is 7.72. The van der Waals surface area contributed by atoms with Crippen molar-refractivity contribution in [2.45, 2.75) is 56.8 Å². The van der Waals surface area contributed by atoms with Crippen molar-refractivity contribution in [2.75, 3.05) is 13.7 Å². The maximum Gasteiger partial charge on any atom is 0.0823 e. The molecule has 1 heterocycles. The highest BCUT2D eigenvalue weighted by Gasteiger charge is 2.41. The van der Waals surface area contributed by atoms with Crippen molar-refractivity contribution in [3.05, 3.63) is 16.9 Å². The number of hydrogen-bond donors (Lipinski definition) is 0. The van der Waals surface area contributed by atoms with Crippen LogP contribution < -0.4 is 0 Å². The summed E-state index contributed by atoms with van der Waals surface area (Å²) in [6.45, 7) is 8.34. The van der Waals surface area contributed by atoms with Crippen LogP contribution in [-0.4, -0.2) is 28.3 Å². The molecule has 0 amide bonds. The van der Waals surface area contributed by atoms with E-state index in [1.165, 1.54) is 19.3 Å². The minimum absolute atomic E-state index is 0.00433. The number of rotatable bonds is 5. The van der Waals surface area contributed by atoms with Gasteiger partial charge in [-0.1, -0.05) is 54.7 Å². The zero-order valence-electron chi connectivity index (χ0n) is 13.4. The molecule has 3 unspecified atom stereocenters. The quantitative estimate of drug-likeness (QED) is 0.698. The fraction of sp³-hybridized carbons (Fsp3) is 0.812. The van der Waals surface area contributed by atoms with E-state index < -0.39 is 0 Å². The third kappa shape index (κ3) is 3.65. The second-order valence-corrected chi connectivity index (χ2v) is 8.40. The summed E-state index contributed by atoms with van der Waals surface area (Å²) >= 11 is 10.4. The standard InChI is InChI=1S/C16H26BrClN2O/c1-11-5-6-12(13(17)9-11)16(2,3)15-14(18)10-19-20(15)7-8-21-4/h10-13H,5-9H2,1-4H3. The highest BCUT2D eigenvalue weighted by Crippen LogP contribution is 2.46. The first-order valence-corrected chi connectivity index (χ1v) is 9.02. The number of nitrogens with zero attached hydrogens (tertiary/aromatic N) is 2. The van der Waals surface area contributed by atoms with Crippen molar-refractivity contribution in [3.63, 3.8) is 0 Å². The Bertz CT molecular complexity index is 475. The SMILES string of the molecule is COCCn1ncc(Cl)c1C(C)(C)C1CCC(C)CC1Br. The molecule has 0 radical (unpaired) electrons. The number of halogens is 2. The van der Waals surface area contributed by atoms with E-state index in [2.05, 4.69) is 41.8 Å². The van der Waals surface area contributed by atoms with Crippen LogP contribution in [0.25, 0.3) is 0 Å². The van der Waals surface area contributed by atoms with Crippen molar-refractivity contribution < 1.29 is 4.74 Å². The topological polar surface area (TPSA) is 27.1 Å². The molecular weight excluding hydrogens is 352 g/mol. The summed E-state index contributed by atoms with van der Waals surface area (Å²) in [6, 6.07) is 0. The molecule has 0 spiro atoms. The van der Waals surface area contributed by atoms with Gasteiger partial charge in [-0.15, -0.1) is 0 Å². The van der Waals surface area contributed by atoms with Gasteiger partial charge in [-0.2, -0.15) is 5.10 Å². The van der Waals surface area contributed by atoms with Crippen LogP contribution in [0.1, 0.15) is 45.7 Å². The molecule has 1 saturated carbocycles. The maximum atomic E-state index is 6.46. The lowest BCUT2D eigenvalue weighted by Gasteiger charge is -2.42. The number of hydrogen-bond acceptors (Lipinski definition) is 2. The van der Waals surface area contributed by atoms with E-state index >= 15 is 0 Å². The van der Waals surface area contributed by atoms with Crippen molar-refractivity contribution in [3.8, 4) is 0 Å². The molecule has 0 aromatic carbocycles. The normalized spacial score (nSPS) is 27.0. The Hall–Kier alpha value is -0.0600. The number of aromatic nitrogens is 2. The molecular formula is C16H26BrClN2O. The highest BCUT2D eigenvalue weighted by atomic mass is 79.9. The van der Waals surface area contributed by atoms with Crippen LogP contribution in [0, 0.1) is 11.8 Å². The van der Waals surface area contributed by atoms with Gasteiger partial charge in [-0.05, 0) is 24.7 Å². The molecule has 1 aliphatic rings. The van der Waals surface area contributed by atoms with Gasteiger partial charge < -0.3 is 4.74 Å². The summed E-state index contributed by atoms with van der Waals surface area (Å²) in [5.41, 5.74) is 1.14. The molecule has 1 aromatic heterocycles. The Balaban J connectivity index is 2.28. The third-order valence-electron chi connectivity index (χ3n) is 4.87. The molecule has 0 N–H and O–H groups in total. The van der Waals surface area contributed by atoms with Gasteiger partial charge in [0.05, 0.1) is 30.1 Å². The minimum atomic E-state index is -0.00433. The average molecular weight is 378 g/mol. The van der Waals surface area contributed by atoms with Crippen LogP contribution in [-0.2, 0) is 16.7 Å². The van der Waals surface area contributed by atoms with Crippen LogP contribution in [0.3, 0.4) is 0 Å². The zero-order chi connectivity index (χ0) is 15.6. The summed E-state index contributed by atoms with van der Waals surface area (Å²) in [5.74, 6) is 1.37. The predicted molar refractivity (Wildman–Crippen MR) is 91.4 cm³/mol. The Morgan fingerprint density at radius 2 is 2.19 bits per heavy atom. The van der Waals surface area contributed by atoms with Crippen molar-refractivity contribution in [1.82, 2.24) is 9.78 Å². The van der Waals surface area contributed by atoms with E-state index in [4.69, 9.17) is 16.3 Å². The predicted octanol–water partition coefficient (Wildman–Crippen LogP) is 4.66. The molecule has 5 heteroatoms. The molecule has 1 fully saturated rings. The summed E-state index contributed by atoms with van der Waals surface area (Å²) < 4.78 is 7.21. The van der Waals surface area contributed by atoms with Crippen LogP contribution in [0.2, 0.25) is 5.02 Å². The van der Waals surface area contributed by atoms with Crippen LogP contribution >= 0.6 is 27.5 Å². The largest absolute Gasteiger partial charge is 0.383 e. The fourth-order valence-electron chi connectivity index (χ4n) is 3.65. The molecule has 0 saturated heterocycles. The van der Waals surface area contributed by atoms with Crippen molar-refractivity contribution in [1.29, 1.82) is 0 Å². The van der Waals surface area contributed by atoms with Gasteiger partial charge in [-0.25, -0.2) is 0 Å². The monoisotopic (exact) mass is 376 g/mol. The fourth-order valence-corrected chi connectivity index (χ4v) is 5.60. The van der Waals surface area contributed by atoms with Gasteiger partial charge in [0.25, 0.3) is 0 Å². The lowest BCUT2D eigenvalue weighted by Crippen LogP contribution is -2.40. The number of ether oxygens (including phenoxy) is 1. The van der Waals surface area contributed by atoms with E-state index in [0.717, 1.165) is 23.2 Å². The molecule has 0 aliphatic heterocycles. The Morgan fingerprint density at radius 1 is 1.48 bits per heavy atom. The van der Waals surface area contributed by atoms with Crippen LogP contribution in [0.5, 0.6) is 0 Å². The van der Waals surface area contributed by atoms with Crippen molar-refractivity contribution in [2.24, 2.45) is 11.8 Å². The van der Waals surface area contributed by atoms with E-state index in [0.29, 0.717) is 17.4 Å². The van der Waals surface area contributed by atoms with Gasteiger partial charge in [0.2, 0.25) is 0 Å². The Labute approximate surface area is 141 Å². The smallest absolute Gasteiger partial charge is 0.0823 e. The Morgan fingerprint density at radius 3 is 2.81 bits per heavy atom. The third-order valence-corrected chi connectivity index (χ3v) is 6.16. The first-order chi connectivity index (χ1) is 9.87. The summed E-state index contributed by atoms with van der Waals surface area (Å²) in [5, 5.41) is 5.22. The minimum Gasteiger partial charge on any atom is -0.383 e. The molecule has 3 nitrogen and oxygen atoms in total. The molecule has 1 aliphatic carbocycles. The van der Waals surface area contributed by atoms with Gasteiger partial charge in [-0.3, -0.25) is 4.68 Å². The van der Waals surface area contributed by atoms with E-state index in [9.17, 15) is 0 Å². The van der Waals surface area contributed by atoms with Gasteiger partial charge in [0, 0.05) is 17.4 Å². The molecule has 1 aromatic rings. The van der Waals surface area contributed by atoms with E-state index in [1.54, 1.807) is 13.3 Å². The maximum absolute atomic E-state index is 6.46. The van der Waals surface area contributed by atoms with Crippen LogP contribution in [0.15, 0.2) is 6.20 Å². The zero-order valence-corrected chi connectivity index (χ0v) is 15.7. The molecule has 0 bridgehead atoms. The van der Waals surface area contributed by atoms with Crippen LogP contribution in [0.4, 0.5) is 0 Å². The number of methoxy groups -OCH3 is 1. The lowest BCUT2D eigenvalue weighted by atomic mass is 9.67. The van der Waals surface area contributed by atoms with Gasteiger partial charge in [0.15, 0.2) is 0 Å². The highest BCUT2D eigenvalue weighted by molar-refractivity contribution is 9.09. The van der Waals surface area contributed by atoms with E-state index in [1.807, 2.05) is 4.68 Å². The molecule has 2 rings (SSSR count). The Kier molecular flexibility index (Phi) is 5.77. The average Bonchev–Trinajstić information content (AvgIpc) is 2.77. The second kappa shape index (κ2) is 7.01. The van der Waals surface area contributed by atoms with Gasteiger partial charge >= 0.3 is 0 Å². The van der Waals surface area contributed by atoms with Gasteiger partial charge in [0.1, 0.15) is 0 Å². The second-order valence-electron chi connectivity index (χ2n) is 6.82. The summed E-state index contributed by atoms with van der Waals surface area (Å²) in [4.78, 5) is 0.540. The summed E-state index contributed by atoms with van der Waals surface area (Å²) in [6.07, 6.45) is 5.52. The summed E-state index contributed by atoms with van der Waals surface area (Å²) in [7, 11) is 1.72. The van der Waals surface area contributed by atoms with Crippen molar-refractivity contribution >= 4 is 27.5 Å². The lowest BCUT2D eigenvalue weighted by molar-refractivity contribution is 0.172.